The van der Waals surface area contributed by atoms with Crippen molar-refractivity contribution in [2.45, 2.75) is 71.0 Å². The molecule has 2 heterocycles. The SMILES string of the molecule is CCCN1C(=O)c2c(C(=O)NCCC3=CCCCC3)ncn2CC1(C)C(=O)NCc1ccc(F)cc1. The summed E-state index contributed by atoms with van der Waals surface area (Å²) in [6.07, 6.45) is 9.73. The van der Waals surface area contributed by atoms with E-state index in [9.17, 15) is 18.8 Å². The second-order valence-electron chi connectivity index (χ2n) is 9.72. The van der Waals surface area contributed by atoms with Gasteiger partial charge in [0.05, 0.1) is 12.9 Å². The van der Waals surface area contributed by atoms with Gasteiger partial charge in [-0.05, 0) is 63.1 Å². The van der Waals surface area contributed by atoms with Crippen molar-refractivity contribution in [3.05, 3.63) is 65.0 Å². The lowest BCUT2D eigenvalue weighted by molar-refractivity contribution is -0.133. The molecular weight excluding hydrogens is 461 g/mol. The van der Waals surface area contributed by atoms with Crippen molar-refractivity contribution in [3.8, 4) is 0 Å². The molecule has 1 unspecified atom stereocenters. The third-order valence-electron chi connectivity index (χ3n) is 6.99. The number of allylic oxidation sites excluding steroid dienone is 1. The predicted molar refractivity (Wildman–Crippen MR) is 134 cm³/mol. The highest BCUT2D eigenvalue weighted by Gasteiger charge is 2.48. The maximum atomic E-state index is 13.6. The third-order valence-corrected chi connectivity index (χ3v) is 6.99. The van der Waals surface area contributed by atoms with Gasteiger partial charge in [-0.2, -0.15) is 0 Å². The van der Waals surface area contributed by atoms with E-state index < -0.39 is 5.54 Å². The molecule has 1 aromatic carbocycles. The monoisotopic (exact) mass is 495 g/mol. The Bertz CT molecular complexity index is 1160. The Kier molecular flexibility index (Phi) is 7.86. The molecule has 4 rings (SSSR count). The van der Waals surface area contributed by atoms with Gasteiger partial charge in [0.2, 0.25) is 5.91 Å². The second kappa shape index (κ2) is 11.1. The summed E-state index contributed by atoms with van der Waals surface area (Å²) in [7, 11) is 0. The van der Waals surface area contributed by atoms with E-state index in [0.717, 1.165) is 24.8 Å². The van der Waals surface area contributed by atoms with E-state index in [1.54, 1.807) is 23.6 Å². The fourth-order valence-corrected chi connectivity index (χ4v) is 4.95. The first-order valence-electron chi connectivity index (χ1n) is 12.7. The van der Waals surface area contributed by atoms with Crippen LogP contribution in [-0.4, -0.2) is 50.8 Å². The van der Waals surface area contributed by atoms with Crippen LogP contribution in [0.2, 0.25) is 0 Å². The van der Waals surface area contributed by atoms with Crippen LogP contribution in [0.5, 0.6) is 0 Å². The van der Waals surface area contributed by atoms with E-state index in [0.29, 0.717) is 19.5 Å². The highest BCUT2D eigenvalue weighted by Crippen LogP contribution is 2.29. The number of benzene rings is 1. The number of nitrogens with one attached hydrogen (secondary N) is 2. The molecule has 1 aromatic heterocycles. The zero-order valence-electron chi connectivity index (χ0n) is 21.0. The van der Waals surface area contributed by atoms with Crippen LogP contribution in [0.3, 0.4) is 0 Å². The smallest absolute Gasteiger partial charge is 0.273 e. The average molecular weight is 496 g/mol. The molecule has 0 radical (unpaired) electrons. The van der Waals surface area contributed by atoms with Crippen LogP contribution >= 0.6 is 0 Å². The summed E-state index contributed by atoms with van der Waals surface area (Å²) in [5.41, 5.74) is 1.25. The number of nitrogens with zero attached hydrogens (tertiary/aromatic N) is 3. The van der Waals surface area contributed by atoms with E-state index >= 15 is 0 Å². The zero-order chi connectivity index (χ0) is 25.7. The van der Waals surface area contributed by atoms with Crippen LogP contribution in [0.25, 0.3) is 0 Å². The molecule has 1 atom stereocenters. The lowest BCUT2D eigenvalue weighted by Crippen LogP contribution is -2.64. The van der Waals surface area contributed by atoms with Crippen LogP contribution < -0.4 is 10.6 Å². The first-order chi connectivity index (χ1) is 17.3. The normalized spacial score (nSPS) is 19.5. The second-order valence-corrected chi connectivity index (χ2v) is 9.72. The Morgan fingerprint density at radius 3 is 2.64 bits per heavy atom. The number of hydrogen-bond acceptors (Lipinski definition) is 4. The van der Waals surface area contributed by atoms with E-state index in [4.69, 9.17) is 0 Å². The van der Waals surface area contributed by atoms with E-state index in [2.05, 4.69) is 21.7 Å². The van der Waals surface area contributed by atoms with Crippen molar-refractivity contribution < 1.29 is 18.8 Å². The number of fused-ring (bicyclic) bond motifs is 1. The number of amides is 3. The highest BCUT2D eigenvalue weighted by atomic mass is 19.1. The maximum absolute atomic E-state index is 13.6. The van der Waals surface area contributed by atoms with Crippen molar-refractivity contribution in [2.75, 3.05) is 13.1 Å². The molecule has 0 bridgehead atoms. The van der Waals surface area contributed by atoms with Crippen molar-refractivity contribution >= 4 is 17.7 Å². The number of aromatic nitrogens is 2. The minimum absolute atomic E-state index is 0.0903. The largest absolute Gasteiger partial charge is 0.350 e. The van der Waals surface area contributed by atoms with Gasteiger partial charge in [0.1, 0.15) is 17.1 Å². The van der Waals surface area contributed by atoms with Crippen LogP contribution in [0.15, 0.2) is 42.2 Å². The molecular formula is C27H34FN5O3. The third kappa shape index (κ3) is 5.34. The summed E-state index contributed by atoms with van der Waals surface area (Å²) in [4.78, 5) is 45.7. The van der Waals surface area contributed by atoms with Gasteiger partial charge in [-0.25, -0.2) is 9.37 Å². The van der Waals surface area contributed by atoms with Gasteiger partial charge in [-0.3, -0.25) is 14.4 Å². The summed E-state index contributed by atoms with van der Waals surface area (Å²) in [6.45, 7) is 4.90. The van der Waals surface area contributed by atoms with Gasteiger partial charge in [-0.1, -0.05) is 30.7 Å². The van der Waals surface area contributed by atoms with E-state index in [-0.39, 0.29) is 48.0 Å². The van der Waals surface area contributed by atoms with Crippen LogP contribution in [0.4, 0.5) is 4.39 Å². The molecule has 8 nitrogen and oxygen atoms in total. The summed E-state index contributed by atoms with van der Waals surface area (Å²) >= 11 is 0. The molecule has 0 saturated heterocycles. The minimum atomic E-state index is -1.16. The maximum Gasteiger partial charge on any atom is 0.273 e. The Labute approximate surface area is 211 Å². The minimum Gasteiger partial charge on any atom is -0.350 e. The Balaban J connectivity index is 1.48. The molecule has 3 amide bonds. The van der Waals surface area contributed by atoms with Crippen LogP contribution in [0.1, 0.15) is 78.9 Å². The Morgan fingerprint density at radius 1 is 1.17 bits per heavy atom. The van der Waals surface area contributed by atoms with Crippen molar-refractivity contribution in [3.63, 3.8) is 0 Å². The van der Waals surface area contributed by atoms with Gasteiger partial charge in [0, 0.05) is 19.6 Å². The fourth-order valence-electron chi connectivity index (χ4n) is 4.95. The topological polar surface area (TPSA) is 96.3 Å². The van der Waals surface area contributed by atoms with Crippen LogP contribution in [-0.2, 0) is 17.9 Å². The molecule has 2 aliphatic rings. The molecule has 0 fully saturated rings. The number of rotatable bonds is 9. The van der Waals surface area contributed by atoms with Gasteiger partial charge in [0.15, 0.2) is 5.69 Å². The molecule has 2 N–H and O–H groups in total. The summed E-state index contributed by atoms with van der Waals surface area (Å²) in [5, 5.41) is 5.79. The number of carbonyl (C=O) groups is 3. The molecule has 2 aromatic rings. The quantitative estimate of drug-likeness (QED) is 0.520. The number of carbonyl (C=O) groups excluding carboxylic acids is 3. The first-order valence-corrected chi connectivity index (χ1v) is 12.7. The standard InChI is InChI=1S/C27H34FN5O3/c1-3-15-33-25(35)23-22(24(34)29-14-13-19-7-5-4-6-8-19)31-18-32(23)17-27(33,2)26(36)30-16-20-9-11-21(28)12-10-20/h7,9-12,18H,3-6,8,13-17H2,1-2H3,(H,29,34)(H,30,36). The number of halogens is 1. The summed E-state index contributed by atoms with van der Waals surface area (Å²) < 4.78 is 14.8. The molecule has 1 aliphatic carbocycles. The van der Waals surface area contributed by atoms with Crippen molar-refractivity contribution in [1.82, 2.24) is 25.1 Å². The lowest BCUT2D eigenvalue weighted by Gasteiger charge is -2.43. The highest BCUT2D eigenvalue weighted by molar-refractivity contribution is 6.07. The Hall–Kier alpha value is -3.49. The predicted octanol–water partition coefficient (Wildman–Crippen LogP) is 3.58. The molecule has 0 saturated carbocycles. The molecule has 1 aliphatic heterocycles. The number of hydrogen-bond donors (Lipinski definition) is 2. The Morgan fingerprint density at radius 2 is 1.94 bits per heavy atom. The van der Waals surface area contributed by atoms with Gasteiger partial charge >= 0.3 is 0 Å². The molecule has 0 spiro atoms. The van der Waals surface area contributed by atoms with Crippen molar-refractivity contribution in [2.24, 2.45) is 0 Å². The van der Waals surface area contributed by atoms with Gasteiger partial charge in [-0.15, -0.1) is 0 Å². The molecule has 9 heteroatoms. The molecule has 36 heavy (non-hydrogen) atoms. The van der Waals surface area contributed by atoms with Gasteiger partial charge < -0.3 is 20.1 Å². The first kappa shape index (κ1) is 25.6. The summed E-state index contributed by atoms with van der Waals surface area (Å²) in [5.74, 6) is -1.43. The fraction of sp³-hybridized carbons (Fsp3) is 0.481. The van der Waals surface area contributed by atoms with Crippen LogP contribution in [0, 0.1) is 5.82 Å². The molecule has 192 valence electrons. The van der Waals surface area contributed by atoms with Gasteiger partial charge in [0.25, 0.3) is 11.8 Å². The number of imidazole rings is 1. The zero-order valence-corrected chi connectivity index (χ0v) is 21.0. The lowest BCUT2D eigenvalue weighted by atomic mass is 9.93. The average Bonchev–Trinajstić information content (AvgIpc) is 3.30. The van der Waals surface area contributed by atoms with E-state index in [1.807, 2.05) is 6.92 Å². The van der Waals surface area contributed by atoms with Crippen molar-refractivity contribution in [1.29, 1.82) is 0 Å². The van der Waals surface area contributed by atoms with E-state index in [1.165, 1.54) is 41.8 Å². The summed E-state index contributed by atoms with van der Waals surface area (Å²) in [6, 6.07) is 5.90.